The van der Waals surface area contributed by atoms with Crippen molar-refractivity contribution in [2.24, 2.45) is 0 Å². The van der Waals surface area contributed by atoms with Gasteiger partial charge in [0, 0.05) is 17.9 Å². The lowest BCUT2D eigenvalue weighted by atomic mass is 9.94. The zero-order valence-corrected chi connectivity index (χ0v) is 16.1. The molecule has 0 unspecified atom stereocenters. The highest BCUT2D eigenvalue weighted by atomic mass is 16.5. The van der Waals surface area contributed by atoms with Gasteiger partial charge in [-0.3, -0.25) is 0 Å². The molecule has 0 saturated carbocycles. The van der Waals surface area contributed by atoms with Gasteiger partial charge in [0.2, 0.25) is 0 Å². The number of methoxy groups -OCH3 is 2. The van der Waals surface area contributed by atoms with Crippen LogP contribution in [-0.4, -0.2) is 20.8 Å². The van der Waals surface area contributed by atoms with Crippen LogP contribution in [0.3, 0.4) is 0 Å². The summed E-state index contributed by atoms with van der Waals surface area (Å²) in [5, 5.41) is 2.34. The normalized spacial score (nSPS) is 11.9. The number of furan rings is 1. The summed E-state index contributed by atoms with van der Waals surface area (Å²) in [7, 11) is 3.33. The number of quaternary nitrogens is 1. The van der Waals surface area contributed by atoms with Gasteiger partial charge in [-0.15, -0.1) is 0 Å². The first kappa shape index (κ1) is 19.1. The Bertz CT molecular complexity index is 800. The third kappa shape index (κ3) is 5.38. The maximum Gasteiger partial charge on any atom is 0.161 e. The van der Waals surface area contributed by atoms with Crippen LogP contribution in [-0.2, 0) is 13.0 Å². The molecule has 3 rings (SSSR count). The van der Waals surface area contributed by atoms with Gasteiger partial charge in [0.25, 0.3) is 0 Å². The third-order valence-corrected chi connectivity index (χ3v) is 4.82. The maximum atomic E-state index is 5.69. The van der Waals surface area contributed by atoms with E-state index in [9.17, 15) is 0 Å². The highest BCUT2D eigenvalue weighted by molar-refractivity contribution is 5.42. The van der Waals surface area contributed by atoms with E-state index in [0.717, 1.165) is 43.2 Å². The van der Waals surface area contributed by atoms with E-state index in [2.05, 4.69) is 47.8 Å². The Morgan fingerprint density at radius 1 is 0.889 bits per heavy atom. The predicted molar refractivity (Wildman–Crippen MR) is 106 cm³/mol. The molecule has 0 amide bonds. The van der Waals surface area contributed by atoms with E-state index in [1.165, 1.54) is 11.1 Å². The molecule has 2 N–H and O–H groups in total. The van der Waals surface area contributed by atoms with Gasteiger partial charge in [0.1, 0.15) is 12.3 Å². The van der Waals surface area contributed by atoms with Crippen molar-refractivity contribution in [3.05, 3.63) is 83.8 Å². The van der Waals surface area contributed by atoms with Crippen molar-refractivity contribution >= 4 is 0 Å². The Morgan fingerprint density at radius 2 is 1.70 bits per heavy atom. The number of nitrogens with two attached hydrogens (primary N) is 1. The molecule has 1 aromatic heterocycles. The highest BCUT2D eigenvalue weighted by Gasteiger charge is 2.16. The second-order valence-corrected chi connectivity index (χ2v) is 6.66. The molecule has 0 aliphatic heterocycles. The standard InChI is InChI=1S/C23H27NO3/c1-25-22-11-10-19(16-23(22)26-2)17-24-13-12-20(21-9-6-14-27-21)15-18-7-4-3-5-8-18/h3-11,14,16,20,24H,12-13,15,17H2,1-2H3/p+1/t20-/m0/s1. The van der Waals surface area contributed by atoms with Crippen molar-refractivity contribution in [3.8, 4) is 11.5 Å². The molecule has 0 radical (unpaired) electrons. The second kappa shape index (κ2) is 9.83. The number of ether oxygens (including phenoxy) is 2. The summed E-state index contributed by atoms with van der Waals surface area (Å²) >= 11 is 0. The Hall–Kier alpha value is -2.72. The van der Waals surface area contributed by atoms with E-state index in [4.69, 9.17) is 13.9 Å². The number of benzene rings is 2. The SMILES string of the molecule is COc1ccc(C[NH2+]CC[C@@H](Cc2ccccc2)c2ccco2)cc1OC. The van der Waals surface area contributed by atoms with Crippen LogP contribution >= 0.6 is 0 Å². The molecule has 2 aromatic carbocycles. The predicted octanol–water partition coefficient (Wildman–Crippen LogP) is 3.78. The minimum atomic E-state index is 0.393. The van der Waals surface area contributed by atoms with E-state index in [0.29, 0.717) is 5.92 Å². The molecule has 0 spiro atoms. The Kier molecular flexibility index (Phi) is 6.94. The molecule has 0 bridgehead atoms. The van der Waals surface area contributed by atoms with Crippen molar-refractivity contribution in [3.63, 3.8) is 0 Å². The maximum absolute atomic E-state index is 5.69. The van der Waals surface area contributed by atoms with E-state index < -0.39 is 0 Å². The lowest BCUT2D eigenvalue weighted by molar-refractivity contribution is -0.671. The van der Waals surface area contributed by atoms with Gasteiger partial charge in [-0.2, -0.15) is 0 Å². The molecule has 0 aliphatic rings. The molecule has 0 fully saturated rings. The molecular formula is C23H28NO3+. The van der Waals surface area contributed by atoms with Gasteiger partial charge < -0.3 is 19.2 Å². The van der Waals surface area contributed by atoms with Crippen molar-refractivity contribution in [1.29, 1.82) is 0 Å². The quantitative estimate of drug-likeness (QED) is 0.556. The molecule has 0 aliphatic carbocycles. The molecule has 4 nitrogen and oxygen atoms in total. The lowest BCUT2D eigenvalue weighted by Crippen LogP contribution is -2.82. The van der Waals surface area contributed by atoms with Crippen molar-refractivity contribution in [2.45, 2.75) is 25.3 Å². The summed E-state index contributed by atoms with van der Waals surface area (Å²) < 4.78 is 16.4. The number of rotatable bonds is 10. The first-order valence-corrected chi connectivity index (χ1v) is 9.40. The van der Waals surface area contributed by atoms with Crippen LogP contribution in [0.2, 0.25) is 0 Å². The summed E-state index contributed by atoms with van der Waals surface area (Å²) in [4.78, 5) is 0. The van der Waals surface area contributed by atoms with E-state index in [1.54, 1.807) is 20.5 Å². The van der Waals surface area contributed by atoms with Gasteiger partial charge in [0.05, 0.1) is 27.0 Å². The van der Waals surface area contributed by atoms with Crippen LogP contribution in [0.4, 0.5) is 0 Å². The Balaban J connectivity index is 1.55. The molecule has 0 saturated heterocycles. The summed E-state index contributed by atoms with van der Waals surface area (Å²) in [6.45, 7) is 1.95. The van der Waals surface area contributed by atoms with Crippen LogP contribution in [0.1, 0.15) is 29.2 Å². The van der Waals surface area contributed by atoms with Crippen molar-refractivity contribution in [2.75, 3.05) is 20.8 Å². The third-order valence-electron chi connectivity index (χ3n) is 4.82. The minimum absolute atomic E-state index is 0.393. The van der Waals surface area contributed by atoms with E-state index in [1.807, 2.05) is 18.2 Å². The number of hydrogen-bond donors (Lipinski definition) is 1. The lowest BCUT2D eigenvalue weighted by Gasteiger charge is -2.14. The zero-order chi connectivity index (χ0) is 18.9. The molecule has 4 heteroatoms. The van der Waals surface area contributed by atoms with Crippen LogP contribution in [0.25, 0.3) is 0 Å². The molecule has 1 atom stereocenters. The van der Waals surface area contributed by atoms with Gasteiger partial charge in [-0.05, 0) is 42.3 Å². The summed E-state index contributed by atoms with van der Waals surface area (Å²) in [5.41, 5.74) is 2.57. The first-order chi connectivity index (χ1) is 13.3. The average Bonchev–Trinajstić information content (AvgIpc) is 3.25. The monoisotopic (exact) mass is 366 g/mol. The van der Waals surface area contributed by atoms with Gasteiger partial charge >= 0.3 is 0 Å². The van der Waals surface area contributed by atoms with E-state index >= 15 is 0 Å². The highest BCUT2D eigenvalue weighted by Crippen LogP contribution is 2.27. The largest absolute Gasteiger partial charge is 0.493 e. The molecule has 142 valence electrons. The first-order valence-electron chi connectivity index (χ1n) is 9.40. The van der Waals surface area contributed by atoms with Crippen LogP contribution in [0.15, 0.2) is 71.3 Å². The van der Waals surface area contributed by atoms with E-state index in [-0.39, 0.29) is 0 Å². The zero-order valence-electron chi connectivity index (χ0n) is 16.1. The summed E-state index contributed by atoms with van der Waals surface area (Å²) in [6, 6.07) is 20.8. The summed E-state index contributed by atoms with van der Waals surface area (Å²) in [6.07, 6.45) is 3.83. The van der Waals surface area contributed by atoms with Crippen LogP contribution in [0, 0.1) is 0 Å². The van der Waals surface area contributed by atoms with Gasteiger partial charge in [-0.25, -0.2) is 0 Å². The minimum Gasteiger partial charge on any atom is -0.493 e. The average molecular weight is 366 g/mol. The fourth-order valence-electron chi connectivity index (χ4n) is 3.36. The molecular weight excluding hydrogens is 338 g/mol. The van der Waals surface area contributed by atoms with Crippen molar-refractivity contribution in [1.82, 2.24) is 0 Å². The topological polar surface area (TPSA) is 48.2 Å². The van der Waals surface area contributed by atoms with Crippen LogP contribution in [0.5, 0.6) is 11.5 Å². The fourth-order valence-corrected chi connectivity index (χ4v) is 3.36. The second-order valence-electron chi connectivity index (χ2n) is 6.66. The number of hydrogen-bond acceptors (Lipinski definition) is 3. The smallest absolute Gasteiger partial charge is 0.161 e. The van der Waals surface area contributed by atoms with Gasteiger partial charge in [-0.1, -0.05) is 30.3 Å². The van der Waals surface area contributed by atoms with Crippen molar-refractivity contribution < 1.29 is 19.2 Å². The van der Waals surface area contributed by atoms with Crippen LogP contribution < -0.4 is 14.8 Å². The molecule has 27 heavy (non-hydrogen) atoms. The Morgan fingerprint density at radius 3 is 2.41 bits per heavy atom. The summed E-state index contributed by atoms with van der Waals surface area (Å²) in [5.74, 6) is 3.00. The molecule has 1 heterocycles. The van der Waals surface area contributed by atoms with Gasteiger partial charge in [0.15, 0.2) is 11.5 Å². The Labute approximate surface area is 161 Å². The fraction of sp³-hybridized carbons (Fsp3) is 0.304. The molecule has 3 aromatic rings.